The smallest absolute Gasteiger partial charge is 0.135 e. The largest absolute Gasteiger partial charge is 0.509 e. The first-order valence-electron chi connectivity index (χ1n) is 25.5. The molecule has 344 valence electrons. The van der Waals surface area contributed by atoms with Gasteiger partial charge in [-0.15, -0.1) is 48.1 Å². The average molecular weight is 1080 g/mol. The third-order valence-electron chi connectivity index (χ3n) is 12.8. The first kappa shape index (κ1) is 39.8. The fourth-order valence-corrected chi connectivity index (χ4v) is 9.17. The van der Waals surface area contributed by atoms with Crippen LogP contribution < -0.4 is 14.5 Å². The van der Waals surface area contributed by atoms with Crippen molar-refractivity contribution in [2.45, 2.75) is 59.3 Å². The van der Waals surface area contributed by atoms with Crippen LogP contribution in [-0.2, 0) is 31.9 Å². The number of aryl methyl sites for hydroxylation is 1. The van der Waals surface area contributed by atoms with Gasteiger partial charge in [0.15, 0.2) is 0 Å². The van der Waals surface area contributed by atoms with Gasteiger partial charge in [0.05, 0.1) is 6.85 Å². The third kappa shape index (κ3) is 8.66. The van der Waals surface area contributed by atoms with Crippen LogP contribution >= 0.6 is 0 Å². The number of para-hydroxylation sites is 1. The van der Waals surface area contributed by atoms with E-state index in [1.165, 1.54) is 11.1 Å². The normalized spacial score (nSPS) is 13.6. The van der Waals surface area contributed by atoms with Gasteiger partial charge in [0.2, 0.25) is 0 Å². The molecule has 0 radical (unpaired) electrons. The molecule has 0 spiro atoms. The molecule has 2 aromatic heterocycles. The molecule has 0 fully saturated rings. The summed E-state index contributed by atoms with van der Waals surface area (Å²) in [6.07, 6.45) is 1.59. The first-order chi connectivity index (χ1) is 34.9. The van der Waals surface area contributed by atoms with Gasteiger partial charge in [-0.2, -0.15) is 12.1 Å². The van der Waals surface area contributed by atoms with Crippen molar-refractivity contribution in [3.05, 3.63) is 224 Å². The molecule has 1 aliphatic heterocycles. The van der Waals surface area contributed by atoms with Gasteiger partial charge in [0.1, 0.15) is 5.82 Å². The molecule has 8 aromatic carbocycles. The quantitative estimate of drug-likeness (QED) is 0.142. The van der Waals surface area contributed by atoms with Gasteiger partial charge in [-0.25, -0.2) is 4.98 Å². The molecule has 0 bridgehead atoms. The van der Waals surface area contributed by atoms with Crippen LogP contribution in [0.25, 0.3) is 61.0 Å². The SMILES string of the molecule is [2H]c1c([2H])c([2H])c(-c2cnc(-n3c4[c-]c(Oc5[c-]c(N6[CH-]N(c7cc(C(C)(C)C)cc(C(C)(C)C)c7)c7c(-c8ccccc8)cccc76)ccc5)ccc4c4cc(-c5ccccc5)ccc43)cc2C)c([2H])c1[2H].[Pt]. The van der Waals surface area contributed by atoms with Crippen LogP contribution in [0.4, 0.5) is 22.7 Å². The fourth-order valence-electron chi connectivity index (χ4n) is 9.17. The van der Waals surface area contributed by atoms with E-state index >= 15 is 0 Å². The number of rotatable bonds is 8. The van der Waals surface area contributed by atoms with E-state index in [1.807, 2.05) is 60.0 Å². The number of benzene rings is 8. The summed E-state index contributed by atoms with van der Waals surface area (Å²) >= 11 is 0. The van der Waals surface area contributed by atoms with Crippen LogP contribution in [0.1, 0.15) is 65.1 Å². The van der Waals surface area contributed by atoms with Crippen LogP contribution in [0.5, 0.6) is 11.5 Å². The van der Waals surface area contributed by atoms with Gasteiger partial charge in [0.25, 0.3) is 0 Å². The Labute approximate surface area is 428 Å². The van der Waals surface area contributed by atoms with Crippen molar-refractivity contribution in [2.75, 3.05) is 9.80 Å². The molecule has 10 aromatic rings. The summed E-state index contributed by atoms with van der Waals surface area (Å²) in [5.74, 6) is 1.57. The minimum atomic E-state index is -0.435. The van der Waals surface area contributed by atoms with Crippen LogP contribution in [0.15, 0.2) is 188 Å². The molecule has 0 amide bonds. The molecule has 0 unspecified atom stereocenters. The molecular formula is C63H53N4OPt-3. The number of hydrogen-bond acceptors (Lipinski definition) is 4. The molecule has 0 saturated heterocycles. The maximum Gasteiger partial charge on any atom is 0.135 e. The zero-order valence-corrected chi connectivity index (χ0v) is 41.9. The van der Waals surface area contributed by atoms with E-state index in [-0.39, 0.29) is 61.6 Å². The van der Waals surface area contributed by atoms with E-state index < -0.39 is 6.04 Å². The molecule has 0 saturated carbocycles. The Balaban J connectivity index is 0.00000626. The van der Waals surface area contributed by atoms with Crippen molar-refractivity contribution in [2.24, 2.45) is 0 Å². The number of anilines is 4. The zero-order chi connectivity index (χ0) is 51.1. The average Bonchev–Trinajstić information content (AvgIpc) is 3.94. The van der Waals surface area contributed by atoms with Crippen LogP contribution in [0, 0.1) is 25.7 Å². The number of nitrogens with zero attached hydrogens (tertiary/aromatic N) is 4. The molecule has 11 rings (SSSR count). The van der Waals surface area contributed by atoms with E-state index in [2.05, 4.69) is 173 Å². The summed E-state index contributed by atoms with van der Waals surface area (Å²) in [5.41, 5.74) is 13.6. The number of pyridine rings is 1. The predicted octanol–water partition coefficient (Wildman–Crippen LogP) is 16.9. The summed E-state index contributed by atoms with van der Waals surface area (Å²) in [6, 6.07) is 57.9. The minimum Gasteiger partial charge on any atom is -0.509 e. The van der Waals surface area contributed by atoms with E-state index in [0.29, 0.717) is 28.4 Å². The Morgan fingerprint density at radius 3 is 1.96 bits per heavy atom. The van der Waals surface area contributed by atoms with Gasteiger partial charge in [-0.05, 0) is 92.4 Å². The Kier molecular flexibility index (Phi) is 10.4. The summed E-state index contributed by atoms with van der Waals surface area (Å²) in [6.45, 7) is 17.6. The number of hydrogen-bond donors (Lipinski definition) is 0. The van der Waals surface area contributed by atoms with Crippen LogP contribution in [-0.4, -0.2) is 9.55 Å². The van der Waals surface area contributed by atoms with E-state index in [4.69, 9.17) is 16.6 Å². The Hall–Kier alpha value is -7.20. The van der Waals surface area contributed by atoms with Gasteiger partial charge in [0, 0.05) is 72.5 Å². The van der Waals surface area contributed by atoms with Crippen molar-refractivity contribution >= 4 is 44.6 Å². The summed E-state index contributed by atoms with van der Waals surface area (Å²) in [4.78, 5) is 9.43. The standard InChI is InChI=1S/C63H53N4O.Pt/c1-42-33-60(64-40-56(42)45-23-15-10-16-24-45)67-57-32-29-46(43-19-11-8-12-20-43)34-55(57)54-31-30-52(39-59(54)67)68-51-26-17-25-49(38-51)65-41-66(50-36-47(62(2,3)4)35-48(37-50)63(5,6)7)61-53(27-18-28-58(61)65)44-21-13-9-14-22-44;/h8-37,40-41H,1-7H3;/q-3;/i10D,15D,16D,23D,24D;. The molecular weight excluding hydrogens is 1020 g/mol. The molecule has 69 heavy (non-hydrogen) atoms. The third-order valence-corrected chi connectivity index (χ3v) is 12.8. The molecule has 1 aliphatic rings. The van der Waals surface area contributed by atoms with Crippen LogP contribution in [0.3, 0.4) is 0 Å². The van der Waals surface area contributed by atoms with Crippen molar-refractivity contribution < 1.29 is 32.7 Å². The predicted molar refractivity (Wildman–Crippen MR) is 283 cm³/mol. The fraction of sp³-hybridized carbons (Fsp3) is 0.143. The maximum absolute atomic E-state index is 8.68. The Morgan fingerprint density at radius 1 is 0.580 bits per heavy atom. The Bertz CT molecular complexity index is 3750. The van der Waals surface area contributed by atoms with E-state index in [9.17, 15) is 0 Å². The van der Waals surface area contributed by atoms with Crippen molar-refractivity contribution in [1.29, 1.82) is 0 Å². The summed E-state index contributed by atoms with van der Waals surface area (Å²) in [5, 5.41) is 1.93. The van der Waals surface area contributed by atoms with Crippen molar-refractivity contribution in [1.82, 2.24) is 9.55 Å². The number of fused-ring (bicyclic) bond motifs is 4. The van der Waals surface area contributed by atoms with Gasteiger partial charge in [-0.3, -0.25) is 0 Å². The Morgan fingerprint density at radius 2 is 1.26 bits per heavy atom. The number of aromatic nitrogens is 2. The molecule has 6 heteroatoms. The second kappa shape index (κ2) is 18.0. The second-order valence-corrected chi connectivity index (χ2v) is 19.5. The monoisotopic (exact) mass is 1080 g/mol. The summed E-state index contributed by atoms with van der Waals surface area (Å²) in [7, 11) is 0. The topological polar surface area (TPSA) is 33.5 Å². The molecule has 0 aliphatic carbocycles. The first-order valence-corrected chi connectivity index (χ1v) is 23.0. The zero-order valence-electron chi connectivity index (χ0n) is 44.6. The molecule has 0 N–H and O–H groups in total. The van der Waals surface area contributed by atoms with E-state index in [0.717, 1.165) is 66.8 Å². The van der Waals surface area contributed by atoms with Crippen molar-refractivity contribution in [3.63, 3.8) is 0 Å². The van der Waals surface area contributed by atoms with Gasteiger partial charge in [-0.1, -0.05) is 168 Å². The van der Waals surface area contributed by atoms with E-state index in [1.54, 1.807) is 6.20 Å². The molecule has 5 nitrogen and oxygen atoms in total. The second-order valence-electron chi connectivity index (χ2n) is 19.5. The maximum atomic E-state index is 8.68. The molecule has 3 heterocycles. The van der Waals surface area contributed by atoms with Crippen LogP contribution in [0.2, 0.25) is 0 Å². The summed E-state index contributed by atoms with van der Waals surface area (Å²) < 4.78 is 50.9. The van der Waals surface area contributed by atoms with Gasteiger partial charge < -0.3 is 19.1 Å². The number of ether oxygens (including phenoxy) is 1. The minimum absolute atomic E-state index is 0. The van der Waals surface area contributed by atoms with Crippen molar-refractivity contribution in [3.8, 4) is 50.7 Å². The molecule has 0 atom stereocenters. The van der Waals surface area contributed by atoms with Gasteiger partial charge >= 0.3 is 0 Å².